The number of hydrogen-bond donors (Lipinski definition) is 2. The SMILES string of the molecule is COCOc1ccc(C(=O)NC2C(C(=O)c3c(OC)cc(OC)c(OC)c3F)CCCN(C(=O)O)C2OC(=O)c2ccccc2)cc1OC. The van der Waals surface area contributed by atoms with Crippen molar-refractivity contribution in [1.82, 2.24) is 10.2 Å². The van der Waals surface area contributed by atoms with Crippen molar-refractivity contribution in [2.75, 3.05) is 48.9 Å². The number of nitrogens with one attached hydrogen (secondary N) is 1. The maximum atomic E-state index is 16.1. The van der Waals surface area contributed by atoms with E-state index in [2.05, 4.69) is 5.32 Å². The molecular formula is C34H37FN2O12. The maximum Gasteiger partial charge on any atom is 0.410 e. The molecule has 1 saturated heterocycles. The molecule has 4 rings (SSSR count). The van der Waals surface area contributed by atoms with E-state index in [0.717, 1.165) is 4.90 Å². The Morgan fingerprint density at radius 3 is 2.16 bits per heavy atom. The average Bonchev–Trinajstić information content (AvgIpc) is 3.29. The first kappa shape index (κ1) is 36.3. The minimum absolute atomic E-state index is 0.0296. The van der Waals surface area contributed by atoms with E-state index in [9.17, 15) is 24.3 Å². The summed E-state index contributed by atoms with van der Waals surface area (Å²) in [6.45, 7) is -0.271. The van der Waals surface area contributed by atoms with Gasteiger partial charge in [-0.05, 0) is 43.2 Å². The van der Waals surface area contributed by atoms with Crippen LogP contribution in [0.5, 0.6) is 28.7 Å². The van der Waals surface area contributed by atoms with Crippen LogP contribution in [0.4, 0.5) is 9.18 Å². The second kappa shape index (κ2) is 16.5. The molecule has 0 bridgehead atoms. The number of nitrogens with zero attached hydrogens (tertiary/aromatic N) is 1. The third kappa shape index (κ3) is 7.95. The lowest BCUT2D eigenvalue weighted by Crippen LogP contribution is -2.58. The fourth-order valence-corrected chi connectivity index (χ4v) is 5.53. The van der Waals surface area contributed by atoms with Gasteiger partial charge in [0.15, 0.2) is 41.4 Å². The van der Waals surface area contributed by atoms with Crippen molar-refractivity contribution in [1.29, 1.82) is 0 Å². The largest absolute Gasteiger partial charge is 0.496 e. The van der Waals surface area contributed by atoms with E-state index in [4.69, 9.17) is 33.2 Å². The Bertz CT molecular complexity index is 1670. The third-order valence-corrected chi connectivity index (χ3v) is 7.88. The number of carbonyl (C=O) groups is 4. The summed E-state index contributed by atoms with van der Waals surface area (Å²) >= 11 is 0. The number of Topliss-reactive ketones (excluding diaryl/α,β-unsaturated/α-hetero) is 1. The third-order valence-electron chi connectivity index (χ3n) is 7.88. The summed E-state index contributed by atoms with van der Waals surface area (Å²) in [6, 6.07) is 11.8. The van der Waals surface area contributed by atoms with Gasteiger partial charge in [0.05, 0.1) is 45.6 Å². The lowest BCUT2D eigenvalue weighted by Gasteiger charge is -2.35. The fourth-order valence-electron chi connectivity index (χ4n) is 5.53. The van der Waals surface area contributed by atoms with E-state index >= 15 is 4.39 Å². The number of methoxy groups -OCH3 is 5. The standard InChI is InChI=1S/C34H37FN2O12/c1-43-18-48-22-14-13-20(16-23(22)44-2)31(39)36-28-21(29(38)26-24(45-3)17-25(46-4)30(47-5)27(26)35)12-9-15-37(34(41)42)32(28)49-33(40)19-10-7-6-8-11-19/h6-8,10-11,13-14,16-17,21,28,32H,9,12,15,18H2,1-5H3,(H,36,39)(H,41,42). The molecule has 0 radical (unpaired) electrons. The van der Waals surface area contributed by atoms with E-state index < -0.39 is 53.3 Å². The number of carboxylic acid groups (broad SMARTS) is 1. The lowest BCUT2D eigenvalue weighted by atomic mass is 9.85. The Hall–Kier alpha value is -5.57. The number of carbonyl (C=O) groups excluding carboxylic acids is 3. The summed E-state index contributed by atoms with van der Waals surface area (Å²) in [5.41, 5.74) is -0.404. The van der Waals surface area contributed by atoms with Crippen molar-refractivity contribution in [2.45, 2.75) is 25.1 Å². The molecule has 14 nitrogen and oxygen atoms in total. The number of esters is 1. The van der Waals surface area contributed by atoms with Crippen molar-refractivity contribution in [3.63, 3.8) is 0 Å². The summed E-state index contributed by atoms with van der Waals surface area (Å²) in [5.74, 6) is -5.17. The number of ketones is 1. The minimum Gasteiger partial charge on any atom is -0.496 e. The monoisotopic (exact) mass is 684 g/mol. The molecule has 0 spiro atoms. The smallest absolute Gasteiger partial charge is 0.410 e. The summed E-state index contributed by atoms with van der Waals surface area (Å²) in [7, 11) is 6.51. The Balaban J connectivity index is 1.85. The molecule has 2 N–H and O–H groups in total. The predicted octanol–water partition coefficient (Wildman–Crippen LogP) is 4.40. The van der Waals surface area contributed by atoms with Gasteiger partial charge in [0.2, 0.25) is 6.23 Å². The van der Waals surface area contributed by atoms with E-state index in [-0.39, 0.29) is 66.1 Å². The number of benzene rings is 3. The van der Waals surface area contributed by atoms with Gasteiger partial charge < -0.3 is 43.6 Å². The summed E-state index contributed by atoms with van der Waals surface area (Å²) < 4.78 is 53.4. The summed E-state index contributed by atoms with van der Waals surface area (Å²) in [4.78, 5) is 55.1. The topological polar surface area (TPSA) is 168 Å². The Kier molecular flexibility index (Phi) is 12.2. The fraction of sp³-hybridized carbons (Fsp3) is 0.353. The summed E-state index contributed by atoms with van der Waals surface area (Å²) in [6.07, 6.45) is -3.16. The van der Waals surface area contributed by atoms with Crippen LogP contribution in [-0.4, -0.2) is 94.9 Å². The van der Waals surface area contributed by atoms with Gasteiger partial charge in [-0.2, -0.15) is 0 Å². The molecule has 2 amide bonds. The first-order valence-electron chi connectivity index (χ1n) is 15.0. The van der Waals surface area contributed by atoms with Crippen LogP contribution >= 0.6 is 0 Å². The molecule has 3 atom stereocenters. The van der Waals surface area contributed by atoms with Gasteiger partial charge in [0, 0.05) is 31.2 Å². The molecule has 1 heterocycles. The number of halogens is 1. The van der Waals surface area contributed by atoms with Gasteiger partial charge in [-0.3, -0.25) is 14.5 Å². The van der Waals surface area contributed by atoms with Crippen LogP contribution in [0.3, 0.4) is 0 Å². The van der Waals surface area contributed by atoms with Crippen molar-refractivity contribution in [2.24, 2.45) is 5.92 Å². The van der Waals surface area contributed by atoms with E-state index in [1.165, 1.54) is 71.9 Å². The van der Waals surface area contributed by atoms with Gasteiger partial charge in [-0.1, -0.05) is 18.2 Å². The van der Waals surface area contributed by atoms with Gasteiger partial charge in [0.25, 0.3) is 5.91 Å². The highest BCUT2D eigenvalue weighted by atomic mass is 19.1. The molecule has 49 heavy (non-hydrogen) atoms. The molecular weight excluding hydrogens is 647 g/mol. The molecule has 15 heteroatoms. The zero-order valence-corrected chi connectivity index (χ0v) is 27.5. The summed E-state index contributed by atoms with van der Waals surface area (Å²) in [5, 5.41) is 12.9. The van der Waals surface area contributed by atoms with E-state index in [1.807, 2.05) is 0 Å². The van der Waals surface area contributed by atoms with Crippen LogP contribution in [0, 0.1) is 11.7 Å². The second-order valence-electron chi connectivity index (χ2n) is 10.7. The molecule has 0 saturated carbocycles. The van der Waals surface area contributed by atoms with Gasteiger partial charge >= 0.3 is 12.1 Å². The lowest BCUT2D eigenvalue weighted by molar-refractivity contribution is -0.0416. The van der Waals surface area contributed by atoms with Crippen LogP contribution in [-0.2, 0) is 9.47 Å². The Morgan fingerprint density at radius 1 is 0.857 bits per heavy atom. The number of likely N-dealkylation sites (tertiary alicyclic amines) is 1. The zero-order valence-electron chi connectivity index (χ0n) is 27.5. The molecule has 3 aromatic rings. The average molecular weight is 685 g/mol. The Labute approximate surface area is 281 Å². The molecule has 3 unspecified atom stereocenters. The van der Waals surface area contributed by atoms with Crippen LogP contribution in [0.1, 0.15) is 43.9 Å². The maximum absolute atomic E-state index is 16.1. The molecule has 1 aliphatic heterocycles. The quantitative estimate of drug-likeness (QED) is 0.148. The molecule has 3 aromatic carbocycles. The number of ether oxygens (including phenoxy) is 7. The molecule has 262 valence electrons. The second-order valence-corrected chi connectivity index (χ2v) is 10.7. The van der Waals surface area contributed by atoms with Crippen molar-refractivity contribution >= 4 is 23.8 Å². The Morgan fingerprint density at radius 2 is 1.55 bits per heavy atom. The molecule has 1 fully saturated rings. The highest BCUT2D eigenvalue weighted by Crippen LogP contribution is 2.41. The van der Waals surface area contributed by atoms with Crippen molar-refractivity contribution < 1.29 is 61.8 Å². The minimum atomic E-state index is -1.73. The van der Waals surface area contributed by atoms with Crippen molar-refractivity contribution in [3.8, 4) is 28.7 Å². The van der Waals surface area contributed by atoms with Crippen LogP contribution in [0.2, 0.25) is 0 Å². The first-order valence-corrected chi connectivity index (χ1v) is 15.0. The highest BCUT2D eigenvalue weighted by Gasteiger charge is 2.46. The van der Waals surface area contributed by atoms with Gasteiger partial charge in [-0.15, -0.1) is 0 Å². The van der Waals surface area contributed by atoms with E-state index in [0.29, 0.717) is 0 Å². The first-order chi connectivity index (χ1) is 23.6. The molecule has 1 aliphatic rings. The predicted molar refractivity (Wildman–Crippen MR) is 170 cm³/mol. The zero-order chi connectivity index (χ0) is 35.7. The van der Waals surface area contributed by atoms with Gasteiger partial charge in [-0.25, -0.2) is 14.0 Å². The van der Waals surface area contributed by atoms with Crippen molar-refractivity contribution in [3.05, 3.63) is 77.1 Å². The number of amides is 2. The number of hydrogen-bond acceptors (Lipinski definition) is 11. The number of rotatable bonds is 13. The van der Waals surface area contributed by atoms with Crippen LogP contribution in [0.25, 0.3) is 0 Å². The highest BCUT2D eigenvalue weighted by molar-refractivity contribution is 6.03. The van der Waals surface area contributed by atoms with Crippen LogP contribution < -0.4 is 29.0 Å². The molecule has 0 aromatic heterocycles. The van der Waals surface area contributed by atoms with Gasteiger partial charge in [0.1, 0.15) is 5.75 Å². The molecule has 0 aliphatic carbocycles. The normalized spacial score (nSPS) is 17.3. The van der Waals surface area contributed by atoms with Crippen LogP contribution in [0.15, 0.2) is 54.6 Å². The van der Waals surface area contributed by atoms with E-state index in [1.54, 1.807) is 18.2 Å².